The number of carbonyl (C=O) groups excluding carboxylic acids is 1. The van der Waals surface area contributed by atoms with Gasteiger partial charge in [-0.2, -0.15) is 0 Å². The molecule has 0 saturated heterocycles. The number of ketones is 1. The number of rotatable bonds is 6. The Hall–Kier alpha value is -3.58. The van der Waals surface area contributed by atoms with Gasteiger partial charge in [-0.15, -0.1) is 0 Å². The van der Waals surface area contributed by atoms with E-state index >= 15 is 0 Å². The molecule has 3 N–H and O–H groups in total. The summed E-state index contributed by atoms with van der Waals surface area (Å²) in [6.45, 7) is 0. The number of phenolic OH excluding ortho intramolecular Hbond substituents is 2. The number of hydrogen-bond acceptors (Lipinski definition) is 5. The molecule has 0 heterocycles. The number of phenols is 2. The largest absolute Gasteiger partial charge is 0.508 e. The summed E-state index contributed by atoms with van der Waals surface area (Å²) >= 11 is 0. The van der Waals surface area contributed by atoms with Crippen LogP contribution in [0.3, 0.4) is 0 Å². The number of sulfonamides is 1. The Morgan fingerprint density at radius 1 is 0.857 bits per heavy atom. The fourth-order valence-corrected chi connectivity index (χ4v) is 3.52. The summed E-state index contributed by atoms with van der Waals surface area (Å²) in [7, 11) is -3.85. The Morgan fingerprint density at radius 3 is 2.18 bits per heavy atom. The van der Waals surface area contributed by atoms with Crippen LogP contribution in [0.2, 0.25) is 0 Å². The van der Waals surface area contributed by atoms with Crippen LogP contribution in [0.5, 0.6) is 11.5 Å². The Balaban J connectivity index is 1.70. The predicted molar refractivity (Wildman–Crippen MR) is 107 cm³/mol. The molecule has 0 bridgehead atoms. The van der Waals surface area contributed by atoms with Crippen molar-refractivity contribution in [1.82, 2.24) is 0 Å². The van der Waals surface area contributed by atoms with Crippen LogP contribution in [-0.4, -0.2) is 24.4 Å². The zero-order chi connectivity index (χ0) is 20.1. The number of anilines is 1. The minimum atomic E-state index is -3.85. The van der Waals surface area contributed by atoms with Crippen LogP contribution in [-0.2, 0) is 10.0 Å². The van der Waals surface area contributed by atoms with E-state index in [9.17, 15) is 23.4 Å². The van der Waals surface area contributed by atoms with Crippen molar-refractivity contribution in [3.63, 3.8) is 0 Å². The zero-order valence-electron chi connectivity index (χ0n) is 14.6. The van der Waals surface area contributed by atoms with Crippen LogP contribution in [0.1, 0.15) is 15.9 Å². The monoisotopic (exact) mass is 395 g/mol. The maximum Gasteiger partial charge on any atom is 0.262 e. The second-order valence-corrected chi connectivity index (χ2v) is 7.65. The predicted octanol–water partition coefficient (Wildman–Crippen LogP) is 3.79. The average molecular weight is 395 g/mol. The number of nitrogens with one attached hydrogen (secondary N) is 1. The summed E-state index contributed by atoms with van der Waals surface area (Å²) < 4.78 is 27.1. The third kappa shape index (κ3) is 4.77. The molecule has 0 atom stereocenters. The van der Waals surface area contributed by atoms with E-state index < -0.39 is 10.0 Å². The van der Waals surface area contributed by atoms with Gasteiger partial charge < -0.3 is 10.2 Å². The maximum atomic E-state index is 12.3. The highest BCUT2D eigenvalue weighted by Crippen LogP contribution is 2.20. The second kappa shape index (κ2) is 7.98. The van der Waals surface area contributed by atoms with Crippen molar-refractivity contribution in [2.24, 2.45) is 0 Å². The molecule has 0 aliphatic rings. The highest BCUT2D eigenvalue weighted by Gasteiger charge is 2.14. The van der Waals surface area contributed by atoms with Crippen molar-refractivity contribution in [3.05, 3.63) is 90.0 Å². The molecular weight excluding hydrogens is 378 g/mol. The van der Waals surface area contributed by atoms with Gasteiger partial charge in [0.05, 0.1) is 4.90 Å². The number of allylic oxidation sites excluding steroid dienone is 1. The lowest BCUT2D eigenvalue weighted by Crippen LogP contribution is -2.12. The highest BCUT2D eigenvalue weighted by atomic mass is 32.2. The fraction of sp³-hybridized carbons (Fsp3) is 0. The van der Waals surface area contributed by atoms with E-state index in [-0.39, 0.29) is 22.2 Å². The molecule has 0 unspecified atom stereocenters. The van der Waals surface area contributed by atoms with Gasteiger partial charge in [-0.25, -0.2) is 8.42 Å². The molecule has 3 aromatic rings. The van der Waals surface area contributed by atoms with E-state index in [1.165, 1.54) is 60.7 Å². The van der Waals surface area contributed by atoms with E-state index in [4.69, 9.17) is 0 Å². The Labute approximate surface area is 162 Å². The number of benzene rings is 3. The Morgan fingerprint density at radius 2 is 1.54 bits per heavy atom. The molecular formula is C21H17NO5S. The first-order chi connectivity index (χ1) is 13.3. The molecule has 0 amide bonds. The molecule has 142 valence electrons. The van der Waals surface area contributed by atoms with Crippen LogP contribution >= 0.6 is 0 Å². The molecule has 0 aromatic heterocycles. The van der Waals surface area contributed by atoms with Crippen LogP contribution < -0.4 is 4.72 Å². The molecule has 0 radical (unpaired) electrons. The quantitative estimate of drug-likeness (QED) is 0.435. The summed E-state index contributed by atoms with van der Waals surface area (Å²) in [5, 5.41) is 18.7. The molecule has 0 fully saturated rings. The van der Waals surface area contributed by atoms with Crippen LogP contribution in [0, 0.1) is 0 Å². The first-order valence-corrected chi connectivity index (χ1v) is 9.75. The van der Waals surface area contributed by atoms with Gasteiger partial charge in [0.25, 0.3) is 10.0 Å². The minimum absolute atomic E-state index is 0.0653. The summed E-state index contributed by atoms with van der Waals surface area (Å²) in [6.07, 6.45) is 3.03. The van der Waals surface area contributed by atoms with E-state index in [2.05, 4.69) is 4.72 Å². The lowest BCUT2D eigenvalue weighted by Gasteiger charge is -2.08. The topological polar surface area (TPSA) is 104 Å². The van der Waals surface area contributed by atoms with Gasteiger partial charge in [0.15, 0.2) is 5.78 Å². The zero-order valence-corrected chi connectivity index (χ0v) is 15.4. The standard InChI is InChI=1S/C21H17NO5S/c23-18-11-4-15(5-12-18)6-13-21(25)16-7-9-17(10-8-16)22-28(26,27)20-3-1-2-19(24)14-20/h1-14,22-24H/b13-6+. The second-order valence-electron chi connectivity index (χ2n) is 5.97. The number of aromatic hydroxyl groups is 2. The van der Waals surface area contributed by atoms with E-state index in [0.29, 0.717) is 11.3 Å². The number of carbonyl (C=O) groups is 1. The van der Waals surface area contributed by atoms with Crippen molar-refractivity contribution in [1.29, 1.82) is 0 Å². The molecule has 0 spiro atoms. The third-order valence-electron chi connectivity index (χ3n) is 3.87. The number of hydrogen-bond donors (Lipinski definition) is 3. The normalized spacial score (nSPS) is 11.4. The first kappa shape index (κ1) is 19.2. The smallest absolute Gasteiger partial charge is 0.262 e. The third-order valence-corrected chi connectivity index (χ3v) is 5.25. The highest BCUT2D eigenvalue weighted by molar-refractivity contribution is 7.92. The van der Waals surface area contributed by atoms with E-state index in [0.717, 1.165) is 11.6 Å². The molecule has 28 heavy (non-hydrogen) atoms. The van der Waals surface area contributed by atoms with Crippen molar-refractivity contribution in [2.75, 3.05) is 4.72 Å². The fourth-order valence-electron chi connectivity index (χ4n) is 2.42. The van der Waals surface area contributed by atoms with Gasteiger partial charge >= 0.3 is 0 Å². The van der Waals surface area contributed by atoms with Crippen molar-refractivity contribution in [3.8, 4) is 11.5 Å². The van der Waals surface area contributed by atoms with Crippen LogP contribution in [0.15, 0.2) is 83.8 Å². The van der Waals surface area contributed by atoms with Gasteiger partial charge in [0.1, 0.15) is 11.5 Å². The lowest BCUT2D eigenvalue weighted by atomic mass is 10.1. The van der Waals surface area contributed by atoms with Crippen LogP contribution in [0.25, 0.3) is 6.08 Å². The average Bonchev–Trinajstić information content (AvgIpc) is 2.67. The molecule has 0 aliphatic carbocycles. The molecule has 7 heteroatoms. The van der Waals surface area contributed by atoms with Crippen molar-refractivity contribution < 1.29 is 23.4 Å². The van der Waals surface area contributed by atoms with Crippen LogP contribution in [0.4, 0.5) is 5.69 Å². The molecule has 0 saturated carbocycles. The summed E-state index contributed by atoms with van der Waals surface area (Å²) in [5.41, 5.74) is 1.46. The summed E-state index contributed by atoms with van der Waals surface area (Å²) in [4.78, 5) is 12.2. The summed E-state index contributed by atoms with van der Waals surface area (Å²) in [6, 6.07) is 17.8. The van der Waals surface area contributed by atoms with Gasteiger partial charge in [-0.3, -0.25) is 9.52 Å². The SMILES string of the molecule is O=C(/C=C/c1ccc(O)cc1)c1ccc(NS(=O)(=O)c2cccc(O)c2)cc1. The summed E-state index contributed by atoms with van der Waals surface area (Å²) in [5.74, 6) is -0.244. The van der Waals surface area contributed by atoms with E-state index in [1.807, 2.05) is 0 Å². The van der Waals surface area contributed by atoms with Gasteiger partial charge in [-0.1, -0.05) is 24.3 Å². The van der Waals surface area contributed by atoms with E-state index in [1.54, 1.807) is 18.2 Å². The molecule has 0 aliphatic heterocycles. The minimum Gasteiger partial charge on any atom is -0.508 e. The van der Waals surface area contributed by atoms with Crippen molar-refractivity contribution >= 4 is 27.6 Å². The van der Waals surface area contributed by atoms with Gasteiger partial charge in [-0.05, 0) is 60.2 Å². The lowest BCUT2D eigenvalue weighted by molar-refractivity contribution is 0.104. The first-order valence-electron chi connectivity index (χ1n) is 8.27. The molecule has 3 rings (SSSR count). The molecule has 6 nitrogen and oxygen atoms in total. The van der Waals surface area contributed by atoms with Crippen molar-refractivity contribution in [2.45, 2.75) is 4.90 Å². The Kier molecular flexibility index (Phi) is 5.47. The Bertz CT molecular complexity index is 1120. The van der Waals surface area contributed by atoms with Gasteiger partial charge in [0, 0.05) is 17.3 Å². The van der Waals surface area contributed by atoms with Gasteiger partial charge in [0.2, 0.25) is 0 Å². The molecule has 3 aromatic carbocycles. The maximum absolute atomic E-state index is 12.3.